The molecule has 3 heterocycles. The van der Waals surface area contributed by atoms with Gasteiger partial charge in [0, 0.05) is 23.1 Å². The van der Waals surface area contributed by atoms with Gasteiger partial charge < -0.3 is 9.64 Å². The lowest BCUT2D eigenvalue weighted by Crippen LogP contribution is -3.13. The third-order valence-corrected chi connectivity index (χ3v) is 5.32. The summed E-state index contributed by atoms with van der Waals surface area (Å²) in [6.45, 7) is 5.14. The van der Waals surface area contributed by atoms with Gasteiger partial charge in [0.05, 0.1) is 18.8 Å². The first kappa shape index (κ1) is 17.1. The van der Waals surface area contributed by atoms with Gasteiger partial charge in [-0.15, -0.1) is 0 Å². The van der Waals surface area contributed by atoms with Crippen molar-refractivity contribution in [3.63, 3.8) is 0 Å². The number of H-pyrrole nitrogens is 1. The average Bonchev–Trinajstić information content (AvgIpc) is 2.69. The number of anilines is 1. The van der Waals surface area contributed by atoms with Gasteiger partial charge in [0.2, 0.25) is 0 Å². The molecule has 3 aromatic rings. The summed E-state index contributed by atoms with van der Waals surface area (Å²) >= 11 is 6.46. The van der Waals surface area contributed by atoms with E-state index in [-0.39, 0.29) is 0 Å². The highest BCUT2D eigenvalue weighted by molar-refractivity contribution is 6.30. The van der Waals surface area contributed by atoms with E-state index in [0.29, 0.717) is 5.15 Å². The van der Waals surface area contributed by atoms with Crippen LogP contribution in [0.1, 0.15) is 5.56 Å². The number of fused-ring (bicyclic) bond motifs is 1. The molecular weight excluding hydrogens is 348 g/mol. The first-order valence-corrected chi connectivity index (χ1v) is 9.29. The van der Waals surface area contributed by atoms with Crippen LogP contribution < -0.4 is 19.5 Å². The van der Waals surface area contributed by atoms with Gasteiger partial charge >= 0.3 is 0 Å². The van der Waals surface area contributed by atoms with Crippen LogP contribution in [0.5, 0.6) is 5.75 Å². The second kappa shape index (κ2) is 7.48. The van der Waals surface area contributed by atoms with E-state index in [2.05, 4.69) is 33.1 Å². The van der Waals surface area contributed by atoms with E-state index in [1.165, 1.54) is 10.7 Å². The van der Waals surface area contributed by atoms with E-state index in [9.17, 15) is 0 Å². The second-order valence-electron chi connectivity index (χ2n) is 6.66. The topological polar surface area (TPSA) is 43.9 Å². The van der Waals surface area contributed by atoms with Crippen molar-refractivity contribution in [1.29, 1.82) is 0 Å². The fourth-order valence-corrected chi connectivity index (χ4v) is 3.72. The molecule has 5 nitrogen and oxygen atoms in total. The fourth-order valence-electron chi connectivity index (χ4n) is 3.51. The van der Waals surface area contributed by atoms with E-state index in [4.69, 9.17) is 16.3 Å². The maximum Gasteiger partial charge on any atom is 0.274 e. The Labute approximate surface area is 158 Å². The minimum atomic E-state index is 0.595. The number of piperazine rings is 1. The molecule has 0 radical (unpaired) electrons. The lowest BCUT2D eigenvalue weighted by atomic mass is 10.1. The maximum atomic E-state index is 6.46. The standard InChI is InChI=1S/C20H21ClN4O/c1-26-17-6-5-15-12-16(20(21)23-18(15)13-17)14-24-8-10-25(11-9-24)19-4-2-3-7-22-19/h2-7,12-13H,8-11,14H2,1H3/p+2. The van der Waals surface area contributed by atoms with Crippen LogP contribution in [0.4, 0.5) is 5.82 Å². The molecule has 4 rings (SSSR count). The summed E-state index contributed by atoms with van der Waals surface area (Å²) in [7, 11) is 1.66. The molecule has 2 N–H and O–H groups in total. The van der Waals surface area contributed by atoms with E-state index in [1.807, 2.05) is 30.5 Å². The largest absolute Gasteiger partial charge is 0.497 e. The molecule has 0 atom stereocenters. The molecule has 1 aliphatic heterocycles. The predicted octanol–water partition coefficient (Wildman–Crippen LogP) is 1.62. The average molecular weight is 371 g/mol. The van der Waals surface area contributed by atoms with Crippen LogP contribution >= 0.6 is 11.6 Å². The number of nitrogens with zero attached hydrogens (tertiary/aromatic N) is 2. The van der Waals surface area contributed by atoms with Crippen LogP contribution in [-0.4, -0.2) is 38.3 Å². The first-order valence-electron chi connectivity index (χ1n) is 8.91. The van der Waals surface area contributed by atoms with Gasteiger partial charge in [-0.1, -0.05) is 17.7 Å². The molecule has 1 saturated heterocycles. The summed E-state index contributed by atoms with van der Waals surface area (Å²) < 4.78 is 5.27. The van der Waals surface area contributed by atoms with Crippen molar-refractivity contribution in [1.82, 2.24) is 4.98 Å². The zero-order valence-electron chi connectivity index (χ0n) is 14.8. The van der Waals surface area contributed by atoms with E-state index >= 15 is 0 Å². The highest BCUT2D eigenvalue weighted by atomic mass is 35.5. The van der Waals surface area contributed by atoms with Crippen molar-refractivity contribution < 1.29 is 14.6 Å². The third-order valence-electron chi connectivity index (χ3n) is 5.00. The molecule has 0 unspecified atom stereocenters. The minimum absolute atomic E-state index is 0.595. The van der Waals surface area contributed by atoms with Crippen molar-refractivity contribution in [2.45, 2.75) is 6.54 Å². The molecule has 0 aliphatic carbocycles. The number of nitrogens with one attached hydrogen (secondary N) is 2. The Morgan fingerprint density at radius 3 is 2.77 bits per heavy atom. The van der Waals surface area contributed by atoms with Crippen LogP contribution in [0.15, 0.2) is 48.7 Å². The van der Waals surface area contributed by atoms with Gasteiger partial charge in [0.15, 0.2) is 0 Å². The van der Waals surface area contributed by atoms with Gasteiger partial charge in [0.25, 0.3) is 5.82 Å². The molecule has 134 valence electrons. The summed E-state index contributed by atoms with van der Waals surface area (Å²) in [6, 6.07) is 14.3. The van der Waals surface area contributed by atoms with Gasteiger partial charge in [-0.05, 0) is 24.3 Å². The van der Waals surface area contributed by atoms with Crippen LogP contribution in [0.25, 0.3) is 10.9 Å². The highest BCUT2D eigenvalue weighted by Gasteiger charge is 2.26. The van der Waals surface area contributed by atoms with Gasteiger partial charge in [-0.25, -0.2) is 9.97 Å². The maximum absolute atomic E-state index is 6.46. The van der Waals surface area contributed by atoms with Gasteiger partial charge in [-0.3, -0.25) is 4.90 Å². The molecule has 1 fully saturated rings. The molecule has 0 saturated carbocycles. The number of rotatable bonds is 4. The number of aromatic nitrogens is 2. The van der Waals surface area contributed by atoms with Crippen molar-refractivity contribution in [2.24, 2.45) is 0 Å². The van der Waals surface area contributed by atoms with Crippen LogP contribution in [0.2, 0.25) is 5.15 Å². The third kappa shape index (κ3) is 3.59. The van der Waals surface area contributed by atoms with Crippen LogP contribution in [0, 0.1) is 0 Å². The van der Waals surface area contributed by atoms with Crippen LogP contribution in [0.3, 0.4) is 0 Å². The number of pyridine rings is 2. The molecule has 2 aromatic heterocycles. The first-order chi connectivity index (χ1) is 12.7. The Morgan fingerprint density at radius 2 is 2.04 bits per heavy atom. The van der Waals surface area contributed by atoms with Crippen molar-refractivity contribution in [2.75, 3.05) is 38.2 Å². The Balaban J connectivity index is 1.45. The fraction of sp³-hybridized carbons (Fsp3) is 0.300. The van der Waals surface area contributed by atoms with Crippen molar-refractivity contribution >= 4 is 28.3 Å². The SMILES string of the molecule is COc1ccc2cc(C[NH+]3CCN(c4cccc[nH+]4)CC3)c(Cl)nc2c1. The van der Waals surface area contributed by atoms with Crippen molar-refractivity contribution in [3.8, 4) is 5.75 Å². The lowest BCUT2D eigenvalue weighted by molar-refractivity contribution is -0.914. The Kier molecular flexibility index (Phi) is 4.91. The summed E-state index contributed by atoms with van der Waals surface area (Å²) in [5, 5.41) is 1.69. The zero-order chi connectivity index (χ0) is 17.9. The number of hydrogen-bond donors (Lipinski definition) is 1. The smallest absolute Gasteiger partial charge is 0.274 e. The molecule has 0 amide bonds. The van der Waals surface area contributed by atoms with E-state index in [0.717, 1.165) is 54.9 Å². The highest BCUT2D eigenvalue weighted by Crippen LogP contribution is 2.23. The van der Waals surface area contributed by atoms with Crippen molar-refractivity contribution in [3.05, 3.63) is 59.4 Å². The number of aromatic amines is 1. The molecule has 0 bridgehead atoms. The molecule has 0 spiro atoms. The number of methoxy groups -OCH3 is 1. The molecule has 6 heteroatoms. The number of hydrogen-bond acceptors (Lipinski definition) is 3. The number of halogens is 1. The Morgan fingerprint density at radius 1 is 1.19 bits per heavy atom. The quantitative estimate of drug-likeness (QED) is 0.710. The number of quaternary nitrogens is 1. The molecule has 1 aliphatic rings. The number of ether oxygens (including phenoxy) is 1. The molecule has 1 aromatic carbocycles. The second-order valence-corrected chi connectivity index (χ2v) is 7.02. The Hall–Kier alpha value is -2.37. The lowest BCUT2D eigenvalue weighted by Gasteiger charge is -2.28. The van der Waals surface area contributed by atoms with Gasteiger partial charge in [-0.2, -0.15) is 0 Å². The van der Waals surface area contributed by atoms with E-state index in [1.54, 1.807) is 7.11 Å². The Bertz CT molecular complexity index is 895. The summed E-state index contributed by atoms with van der Waals surface area (Å²) in [6.07, 6.45) is 1.98. The normalized spacial score (nSPS) is 15.4. The predicted molar refractivity (Wildman–Crippen MR) is 103 cm³/mol. The van der Waals surface area contributed by atoms with Gasteiger partial charge in [0.1, 0.15) is 43.6 Å². The molecular formula is C20H23ClN4O+2. The summed E-state index contributed by atoms with van der Waals surface area (Å²) in [4.78, 5) is 11.8. The summed E-state index contributed by atoms with van der Waals surface area (Å²) in [5.41, 5.74) is 1.98. The van der Waals surface area contributed by atoms with Crippen LogP contribution in [-0.2, 0) is 6.54 Å². The zero-order valence-corrected chi connectivity index (χ0v) is 15.6. The number of benzene rings is 1. The van der Waals surface area contributed by atoms with E-state index < -0.39 is 0 Å². The molecule has 26 heavy (non-hydrogen) atoms. The summed E-state index contributed by atoms with van der Waals surface area (Å²) in [5.74, 6) is 1.99. The monoisotopic (exact) mass is 370 g/mol. The minimum Gasteiger partial charge on any atom is -0.497 e.